The van der Waals surface area contributed by atoms with Gasteiger partial charge in [0.25, 0.3) is 0 Å². The van der Waals surface area contributed by atoms with E-state index in [2.05, 4.69) is 27.2 Å². The molecule has 0 aromatic carbocycles. The summed E-state index contributed by atoms with van der Waals surface area (Å²) in [7, 11) is 0. The number of piperazine rings is 1. The first-order chi connectivity index (χ1) is 11.8. The van der Waals surface area contributed by atoms with Crippen LogP contribution >= 0.6 is 0 Å². The topological polar surface area (TPSA) is 49.3 Å². The Balaban J connectivity index is 1.24. The zero-order valence-corrected chi connectivity index (χ0v) is 14.5. The maximum atomic E-state index is 12.4. The average Bonchev–Trinajstić information content (AvgIpc) is 3.36. The van der Waals surface area contributed by atoms with Crippen molar-refractivity contribution >= 4 is 11.7 Å². The normalized spacial score (nSPS) is 22.2. The summed E-state index contributed by atoms with van der Waals surface area (Å²) in [6.45, 7) is 3.37. The molecule has 2 heterocycles. The van der Waals surface area contributed by atoms with Crippen LogP contribution in [0.15, 0.2) is 12.1 Å². The second-order valence-electron chi connectivity index (χ2n) is 7.65. The molecule has 130 valence electrons. The molecule has 1 aliphatic heterocycles. The molecule has 0 bridgehead atoms. The molecule has 1 aromatic rings. The van der Waals surface area contributed by atoms with E-state index in [-0.39, 0.29) is 0 Å². The first kappa shape index (κ1) is 15.9. The molecule has 24 heavy (non-hydrogen) atoms. The van der Waals surface area contributed by atoms with Gasteiger partial charge in [0.2, 0.25) is 5.91 Å². The van der Waals surface area contributed by atoms with E-state index in [4.69, 9.17) is 0 Å². The summed E-state index contributed by atoms with van der Waals surface area (Å²) in [5.41, 5.74) is 1.14. The SMILES string of the molecule is O=C(CCC1CCCC1)N1CCN(c2ccc(C3CC3)nn2)CC1. The highest BCUT2D eigenvalue weighted by molar-refractivity contribution is 5.76. The van der Waals surface area contributed by atoms with Crippen molar-refractivity contribution in [3.05, 3.63) is 17.8 Å². The second kappa shape index (κ2) is 7.08. The van der Waals surface area contributed by atoms with Gasteiger partial charge in [-0.15, -0.1) is 5.10 Å². The largest absolute Gasteiger partial charge is 0.352 e. The van der Waals surface area contributed by atoms with Crippen molar-refractivity contribution < 1.29 is 4.79 Å². The summed E-state index contributed by atoms with van der Waals surface area (Å²) in [5, 5.41) is 8.77. The zero-order chi connectivity index (χ0) is 16.4. The number of rotatable bonds is 5. The second-order valence-corrected chi connectivity index (χ2v) is 7.65. The molecule has 1 amide bonds. The van der Waals surface area contributed by atoms with E-state index in [0.717, 1.165) is 56.5 Å². The van der Waals surface area contributed by atoms with Gasteiger partial charge in [0.1, 0.15) is 0 Å². The van der Waals surface area contributed by atoms with E-state index >= 15 is 0 Å². The molecule has 0 N–H and O–H groups in total. The monoisotopic (exact) mass is 328 g/mol. The lowest BCUT2D eigenvalue weighted by Crippen LogP contribution is -2.49. The highest BCUT2D eigenvalue weighted by atomic mass is 16.2. The van der Waals surface area contributed by atoms with Crippen LogP contribution in [0.25, 0.3) is 0 Å². The molecule has 2 aliphatic carbocycles. The van der Waals surface area contributed by atoms with Gasteiger partial charge in [0.05, 0.1) is 5.69 Å². The lowest BCUT2D eigenvalue weighted by atomic mass is 10.0. The highest BCUT2D eigenvalue weighted by Crippen LogP contribution is 2.38. The number of nitrogens with zero attached hydrogens (tertiary/aromatic N) is 4. The van der Waals surface area contributed by atoms with Crippen LogP contribution in [0.5, 0.6) is 0 Å². The summed E-state index contributed by atoms with van der Waals surface area (Å²) in [6.07, 6.45) is 9.72. The van der Waals surface area contributed by atoms with Crippen LogP contribution in [-0.4, -0.2) is 47.2 Å². The van der Waals surface area contributed by atoms with Crippen LogP contribution in [0.2, 0.25) is 0 Å². The molecule has 0 atom stereocenters. The fourth-order valence-electron chi connectivity index (χ4n) is 4.07. The molecule has 3 fully saturated rings. The number of anilines is 1. The van der Waals surface area contributed by atoms with Gasteiger partial charge in [-0.05, 0) is 37.3 Å². The predicted molar refractivity (Wildman–Crippen MR) is 94.0 cm³/mol. The van der Waals surface area contributed by atoms with Gasteiger partial charge >= 0.3 is 0 Å². The predicted octanol–water partition coefficient (Wildman–Crippen LogP) is 2.97. The number of carbonyl (C=O) groups excluding carboxylic acids is 1. The molecule has 5 nitrogen and oxygen atoms in total. The molecule has 1 aromatic heterocycles. The molecular weight excluding hydrogens is 300 g/mol. The maximum Gasteiger partial charge on any atom is 0.222 e. The minimum atomic E-state index is 0.344. The molecular formula is C19H28N4O. The summed E-state index contributed by atoms with van der Waals surface area (Å²) in [6, 6.07) is 4.22. The van der Waals surface area contributed by atoms with Gasteiger partial charge in [-0.1, -0.05) is 25.7 Å². The fourth-order valence-corrected chi connectivity index (χ4v) is 4.07. The lowest BCUT2D eigenvalue weighted by molar-refractivity contribution is -0.131. The quantitative estimate of drug-likeness (QED) is 0.834. The number of carbonyl (C=O) groups is 1. The third-order valence-corrected chi connectivity index (χ3v) is 5.86. The third kappa shape index (κ3) is 3.70. The van der Waals surface area contributed by atoms with Gasteiger partial charge in [-0.3, -0.25) is 4.79 Å². The van der Waals surface area contributed by atoms with Gasteiger partial charge < -0.3 is 9.80 Å². The van der Waals surface area contributed by atoms with Crippen LogP contribution in [0.1, 0.15) is 63.0 Å². The Labute approximate surface area is 144 Å². The Bertz CT molecular complexity index is 555. The molecule has 0 unspecified atom stereocenters. The summed E-state index contributed by atoms with van der Waals surface area (Å²) < 4.78 is 0. The Morgan fingerprint density at radius 2 is 1.75 bits per heavy atom. The first-order valence-corrected chi connectivity index (χ1v) is 9.66. The molecule has 2 saturated carbocycles. The van der Waals surface area contributed by atoms with E-state index < -0.39 is 0 Å². The van der Waals surface area contributed by atoms with Gasteiger partial charge in [0.15, 0.2) is 5.82 Å². The summed E-state index contributed by atoms with van der Waals surface area (Å²) in [5.74, 6) is 2.76. The molecule has 0 spiro atoms. The molecule has 4 rings (SSSR count). The van der Waals surface area contributed by atoms with Crippen LogP contribution < -0.4 is 4.90 Å². The van der Waals surface area contributed by atoms with Crippen LogP contribution in [0, 0.1) is 5.92 Å². The van der Waals surface area contributed by atoms with Crippen molar-refractivity contribution in [2.75, 3.05) is 31.1 Å². The summed E-state index contributed by atoms with van der Waals surface area (Å²) in [4.78, 5) is 16.7. The van der Waals surface area contributed by atoms with Crippen molar-refractivity contribution in [1.82, 2.24) is 15.1 Å². The first-order valence-electron chi connectivity index (χ1n) is 9.66. The maximum absolute atomic E-state index is 12.4. The molecule has 0 radical (unpaired) electrons. The Morgan fingerprint density at radius 1 is 1.00 bits per heavy atom. The van der Waals surface area contributed by atoms with E-state index in [0.29, 0.717) is 11.8 Å². The van der Waals surface area contributed by atoms with Gasteiger partial charge in [-0.2, -0.15) is 5.10 Å². The van der Waals surface area contributed by atoms with Crippen LogP contribution in [0.3, 0.4) is 0 Å². The van der Waals surface area contributed by atoms with Crippen molar-refractivity contribution in [3.8, 4) is 0 Å². The van der Waals surface area contributed by atoms with E-state index in [1.54, 1.807) is 0 Å². The average molecular weight is 328 g/mol. The van der Waals surface area contributed by atoms with Gasteiger partial charge in [-0.25, -0.2) is 0 Å². The number of amides is 1. The van der Waals surface area contributed by atoms with Gasteiger partial charge in [0, 0.05) is 38.5 Å². The zero-order valence-electron chi connectivity index (χ0n) is 14.5. The number of hydrogen-bond acceptors (Lipinski definition) is 4. The number of hydrogen-bond donors (Lipinski definition) is 0. The smallest absolute Gasteiger partial charge is 0.222 e. The van der Waals surface area contributed by atoms with E-state index in [9.17, 15) is 4.79 Å². The molecule has 3 aliphatic rings. The lowest BCUT2D eigenvalue weighted by Gasteiger charge is -2.35. The minimum Gasteiger partial charge on any atom is -0.352 e. The Hall–Kier alpha value is -1.65. The fraction of sp³-hybridized carbons (Fsp3) is 0.737. The molecule has 5 heteroatoms. The number of aromatic nitrogens is 2. The van der Waals surface area contributed by atoms with Crippen LogP contribution in [-0.2, 0) is 4.79 Å². The summed E-state index contributed by atoms with van der Waals surface area (Å²) >= 11 is 0. The van der Waals surface area contributed by atoms with Crippen molar-refractivity contribution in [1.29, 1.82) is 0 Å². The van der Waals surface area contributed by atoms with E-state index in [1.165, 1.54) is 38.5 Å². The van der Waals surface area contributed by atoms with Crippen molar-refractivity contribution in [2.45, 2.75) is 57.3 Å². The third-order valence-electron chi connectivity index (χ3n) is 5.86. The van der Waals surface area contributed by atoms with Crippen molar-refractivity contribution in [3.63, 3.8) is 0 Å². The van der Waals surface area contributed by atoms with E-state index in [1.807, 2.05) is 4.90 Å². The highest BCUT2D eigenvalue weighted by Gasteiger charge is 2.26. The van der Waals surface area contributed by atoms with Crippen LogP contribution in [0.4, 0.5) is 5.82 Å². The Kier molecular flexibility index (Phi) is 4.67. The Morgan fingerprint density at radius 3 is 2.38 bits per heavy atom. The molecule has 1 saturated heterocycles. The minimum absolute atomic E-state index is 0.344. The standard InChI is InChI=1S/C19H28N4O/c24-19(10-5-15-3-1-2-4-15)23-13-11-22(12-14-23)18-9-8-17(20-21-18)16-6-7-16/h8-9,15-16H,1-7,10-14H2. The van der Waals surface area contributed by atoms with Crippen molar-refractivity contribution in [2.24, 2.45) is 5.92 Å².